The van der Waals surface area contributed by atoms with Crippen molar-refractivity contribution >= 4 is 15.9 Å². The lowest BCUT2D eigenvalue weighted by Gasteiger charge is -2.15. The molecule has 1 saturated carbocycles. The quantitative estimate of drug-likeness (QED) is 0.737. The van der Waals surface area contributed by atoms with Crippen molar-refractivity contribution in [2.75, 3.05) is 0 Å². The van der Waals surface area contributed by atoms with Gasteiger partial charge in [0, 0.05) is 5.92 Å². The summed E-state index contributed by atoms with van der Waals surface area (Å²) < 4.78 is 54.2. The second kappa shape index (κ2) is 3.54. The van der Waals surface area contributed by atoms with E-state index in [1.54, 1.807) is 0 Å². The molecular formula is C7H10F2O4S. The van der Waals surface area contributed by atoms with Gasteiger partial charge in [-0.1, -0.05) is 12.8 Å². The van der Waals surface area contributed by atoms with Crippen molar-refractivity contribution in [2.24, 2.45) is 5.92 Å². The molecule has 0 saturated heterocycles. The number of ketones is 1. The molecule has 0 unspecified atom stereocenters. The van der Waals surface area contributed by atoms with Gasteiger partial charge in [0.05, 0.1) is 0 Å². The van der Waals surface area contributed by atoms with E-state index in [2.05, 4.69) is 0 Å². The first-order valence-corrected chi connectivity index (χ1v) is 5.60. The predicted molar refractivity (Wildman–Crippen MR) is 43.5 cm³/mol. The third-order valence-electron chi connectivity index (χ3n) is 2.34. The topological polar surface area (TPSA) is 71.4 Å². The highest BCUT2D eigenvalue weighted by atomic mass is 32.2. The van der Waals surface area contributed by atoms with E-state index in [0.29, 0.717) is 12.8 Å². The molecule has 0 aromatic carbocycles. The summed E-state index contributed by atoms with van der Waals surface area (Å²) in [6.45, 7) is 0. The number of hydrogen-bond donors (Lipinski definition) is 1. The van der Waals surface area contributed by atoms with Gasteiger partial charge in [0.25, 0.3) is 0 Å². The number of carbonyl (C=O) groups is 1. The molecule has 0 spiro atoms. The molecule has 0 aliphatic heterocycles. The van der Waals surface area contributed by atoms with Crippen molar-refractivity contribution < 1.29 is 26.5 Å². The lowest BCUT2D eigenvalue weighted by atomic mass is 10.0. The van der Waals surface area contributed by atoms with Crippen molar-refractivity contribution in [3.05, 3.63) is 0 Å². The van der Waals surface area contributed by atoms with Gasteiger partial charge in [-0.05, 0) is 12.8 Å². The molecule has 1 aliphatic rings. The van der Waals surface area contributed by atoms with Crippen molar-refractivity contribution in [2.45, 2.75) is 30.9 Å². The molecule has 14 heavy (non-hydrogen) atoms. The minimum Gasteiger partial charge on any atom is -0.291 e. The molecule has 0 aromatic rings. The molecule has 0 radical (unpaired) electrons. The SMILES string of the molecule is O=C(C1CCCC1)C(F)(F)S(=O)(=O)O. The Bertz CT molecular complexity index is 330. The zero-order chi connectivity index (χ0) is 11.0. The van der Waals surface area contributed by atoms with Crippen LogP contribution in [0.2, 0.25) is 0 Å². The fourth-order valence-electron chi connectivity index (χ4n) is 1.55. The van der Waals surface area contributed by atoms with Gasteiger partial charge in [0.1, 0.15) is 0 Å². The Kier molecular flexibility index (Phi) is 2.91. The Morgan fingerprint density at radius 3 is 2.07 bits per heavy atom. The summed E-state index contributed by atoms with van der Waals surface area (Å²) in [5, 5.41) is -4.65. The van der Waals surface area contributed by atoms with Gasteiger partial charge in [-0.15, -0.1) is 0 Å². The van der Waals surface area contributed by atoms with Crippen molar-refractivity contribution in [1.29, 1.82) is 0 Å². The first kappa shape index (κ1) is 11.5. The Hall–Kier alpha value is -0.560. The lowest BCUT2D eigenvalue weighted by Crippen LogP contribution is -2.40. The van der Waals surface area contributed by atoms with Crippen LogP contribution in [0.25, 0.3) is 0 Å². The van der Waals surface area contributed by atoms with Gasteiger partial charge in [0.2, 0.25) is 5.78 Å². The van der Waals surface area contributed by atoms with Crippen LogP contribution in [0, 0.1) is 5.92 Å². The normalized spacial score (nSPS) is 19.9. The van der Waals surface area contributed by atoms with E-state index >= 15 is 0 Å². The van der Waals surface area contributed by atoms with Gasteiger partial charge in [-0.2, -0.15) is 17.2 Å². The van der Waals surface area contributed by atoms with Crippen LogP contribution in [0.1, 0.15) is 25.7 Å². The number of carbonyl (C=O) groups excluding carboxylic acids is 1. The fraction of sp³-hybridized carbons (Fsp3) is 0.857. The van der Waals surface area contributed by atoms with Crippen LogP contribution in [-0.2, 0) is 14.9 Å². The summed E-state index contributed by atoms with van der Waals surface area (Å²) in [5.41, 5.74) is 0. The van der Waals surface area contributed by atoms with E-state index in [9.17, 15) is 22.0 Å². The molecule has 1 N–H and O–H groups in total. The minimum absolute atomic E-state index is 0.268. The molecule has 0 atom stereocenters. The van der Waals surface area contributed by atoms with Crippen LogP contribution in [0.15, 0.2) is 0 Å². The van der Waals surface area contributed by atoms with E-state index < -0.39 is 27.1 Å². The second-order valence-corrected chi connectivity index (χ2v) is 4.80. The van der Waals surface area contributed by atoms with Crippen LogP contribution in [0.4, 0.5) is 8.78 Å². The predicted octanol–water partition coefficient (Wildman–Crippen LogP) is 1.23. The van der Waals surface area contributed by atoms with Crippen LogP contribution in [-0.4, -0.2) is 24.0 Å². The second-order valence-electron chi connectivity index (χ2n) is 3.34. The maximum absolute atomic E-state index is 12.8. The molecule has 0 aromatic heterocycles. The first-order chi connectivity index (χ1) is 6.27. The maximum Gasteiger partial charge on any atom is 0.426 e. The number of Topliss-reactive ketones (excluding diaryl/α,β-unsaturated/α-hetero) is 1. The highest BCUT2D eigenvalue weighted by Gasteiger charge is 2.54. The Morgan fingerprint density at radius 2 is 1.71 bits per heavy atom. The number of alkyl halides is 2. The van der Waals surface area contributed by atoms with Gasteiger partial charge in [0.15, 0.2) is 0 Å². The van der Waals surface area contributed by atoms with E-state index in [1.807, 2.05) is 0 Å². The molecule has 1 rings (SSSR count). The Morgan fingerprint density at radius 1 is 1.29 bits per heavy atom. The van der Waals surface area contributed by atoms with Gasteiger partial charge < -0.3 is 0 Å². The Labute approximate surface area is 80.0 Å². The average Bonchev–Trinajstić information content (AvgIpc) is 2.52. The number of hydrogen-bond acceptors (Lipinski definition) is 3. The summed E-state index contributed by atoms with van der Waals surface area (Å²) in [7, 11) is -5.62. The molecule has 1 fully saturated rings. The zero-order valence-corrected chi connectivity index (χ0v) is 8.06. The summed E-state index contributed by atoms with van der Waals surface area (Å²) in [4.78, 5) is 11.0. The molecule has 1 aliphatic carbocycles. The zero-order valence-electron chi connectivity index (χ0n) is 7.24. The molecule has 7 heteroatoms. The summed E-state index contributed by atoms with van der Waals surface area (Å²) in [6, 6.07) is 0. The highest BCUT2D eigenvalue weighted by molar-refractivity contribution is 7.87. The molecular weight excluding hydrogens is 218 g/mol. The monoisotopic (exact) mass is 228 g/mol. The lowest BCUT2D eigenvalue weighted by molar-refractivity contribution is -0.137. The Balaban J connectivity index is 2.87. The van der Waals surface area contributed by atoms with Crippen LogP contribution >= 0.6 is 0 Å². The smallest absolute Gasteiger partial charge is 0.291 e. The molecule has 0 bridgehead atoms. The van der Waals surface area contributed by atoms with E-state index in [4.69, 9.17) is 4.55 Å². The highest BCUT2D eigenvalue weighted by Crippen LogP contribution is 2.33. The fourth-order valence-corrected chi connectivity index (χ4v) is 1.97. The molecule has 4 nitrogen and oxygen atoms in total. The maximum atomic E-state index is 12.8. The van der Waals surface area contributed by atoms with Gasteiger partial charge in [-0.25, -0.2) is 0 Å². The third-order valence-corrected chi connectivity index (χ3v) is 3.19. The summed E-state index contributed by atoms with van der Waals surface area (Å²) in [5.74, 6) is -2.62. The van der Waals surface area contributed by atoms with Crippen LogP contribution < -0.4 is 0 Å². The van der Waals surface area contributed by atoms with Crippen LogP contribution in [0.5, 0.6) is 0 Å². The summed E-state index contributed by atoms with van der Waals surface area (Å²) in [6.07, 6.45) is 1.81. The number of halogens is 2. The third kappa shape index (κ3) is 1.93. The largest absolute Gasteiger partial charge is 0.426 e. The van der Waals surface area contributed by atoms with E-state index in [-0.39, 0.29) is 12.8 Å². The first-order valence-electron chi connectivity index (χ1n) is 4.16. The standard InChI is InChI=1S/C7H10F2O4S/c8-7(9,14(11,12)13)6(10)5-3-1-2-4-5/h5H,1-4H2,(H,11,12,13). The van der Waals surface area contributed by atoms with E-state index in [0.717, 1.165) is 0 Å². The average molecular weight is 228 g/mol. The molecule has 0 heterocycles. The van der Waals surface area contributed by atoms with Crippen molar-refractivity contribution in [3.8, 4) is 0 Å². The molecule has 82 valence electrons. The van der Waals surface area contributed by atoms with Gasteiger partial charge in [-0.3, -0.25) is 9.35 Å². The van der Waals surface area contributed by atoms with Crippen LogP contribution in [0.3, 0.4) is 0 Å². The van der Waals surface area contributed by atoms with Crippen molar-refractivity contribution in [3.63, 3.8) is 0 Å². The molecule has 0 amide bonds. The van der Waals surface area contributed by atoms with E-state index in [1.165, 1.54) is 0 Å². The van der Waals surface area contributed by atoms with Crippen molar-refractivity contribution in [1.82, 2.24) is 0 Å². The number of rotatable bonds is 3. The summed E-state index contributed by atoms with van der Waals surface area (Å²) >= 11 is 0. The van der Waals surface area contributed by atoms with Gasteiger partial charge >= 0.3 is 15.4 Å². The minimum atomic E-state index is -5.62.